The fourth-order valence-electron chi connectivity index (χ4n) is 1.89. The van der Waals surface area contributed by atoms with Crippen LogP contribution in [0.15, 0.2) is 60.9 Å². The molecule has 4 heteroatoms. The number of aromatic hydroxyl groups is 2. The molecule has 0 spiro atoms. The van der Waals surface area contributed by atoms with E-state index in [0.29, 0.717) is 0 Å². The first kappa shape index (κ1) is 12.2. The molecule has 0 radical (unpaired) electrons. The molecule has 0 bridgehead atoms. The Labute approximate surface area is 116 Å². The summed E-state index contributed by atoms with van der Waals surface area (Å²) in [7, 11) is 0. The molecular weight excluding hydrogens is 252 g/mol. The van der Waals surface area contributed by atoms with Gasteiger partial charge in [0.25, 0.3) is 0 Å². The number of benzene rings is 2. The van der Waals surface area contributed by atoms with Crippen LogP contribution in [0.2, 0.25) is 0 Å². The van der Waals surface area contributed by atoms with Gasteiger partial charge in [-0.25, -0.2) is 0 Å². The van der Waals surface area contributed by atoms with Crippen LogP contribution in [0.5, 0.6) is 11.5 Å². The van der Waals surface area contributed by atoms with Crippen molar-refractivity contribution in [1.82, 2.24) is 9.97 Å². The lowest BCUT2D eigenvalue weighted by molar-refractivity contribution is 0.475. The van der Waals surface area contributed by atoms with Crippen molar-refractivity contribution in [3.8, 4) is 34.0 Å². The Morgan fingerprint density at radius 2 is 0.900 bits per heavy atom. The lowest BCUT2D eigenvalue weighted by Crippen LogP contribution is -1.89. The molecule has 2 aromatic carbocycles. The molecular formula is C16H12N2O2. The topological polar surface area (TPSA) is 66.2 Å². The average Bonchev–Trinajstić information content (AvgIpc) is 2.49. The normalized spacial score (nSPS) is 10.4. The third-order valence-corrected chi connectivity index (χ3v) is 2.98. The first-order chi connectivity index (χ1) is 9.72. The predicted molar refractivity (Wildman–Crippen MR) is 76.2 cm³/mol. The number of rotatable bonds is 2. The molecule has 98 valence electrons. The molecule has 0 amide bonds. The van der Waals surface area contributed by atoms with Gasteiger partial charge in [-0.15, -0.1) is 0 Å². The van der Waals surface area contributed by atoms with Gasteiger partial charge in [-0.3, -0.25) is 9.97 Å². The third-order valence-electron chi connectivity index (χ3n) is 2.98. The summed E-state index contributed by atoms with van der Waals surface area (Å²) >= 11 is 0. The molecule has 0 saturated heterocycles. The van der Waals surface area contributed by atoms with Crippen LogP contribution < -0.4 is 0 Å². The van der Waals surface area contributed by atoms with Gasteiger partial charge in [0.1, 0.15) is 11.5 Å². The summed E-state index contributed by atoms with van der Waals surface area (Å²) in [6, 6.07) is 13.6. The van der Waals surface area contributed by atoms with Gasteiger partial charge >= 0.3 is 0 Å². The molecule has 3 aromatic rings. The number of hydrogen-bond donors (Lipinski definition) is 2. The second kappa shape index (κ2) is 5.01. The molecule has 20 heavy (non-hydrogen) atoms. The molecule has 0 aliphatic heterocycles. The van der Waals surface area contributed by atoms with Gasteiger partial charge in [0.2, 0.25) is 0 Å². The number of phenolic OH excluding ortho intramolecular Hbond substituents is 2. The Bertz CT molecular complexity index is 640. The van der Waals surface area contributed by atoms with Crippen LogP contribution in [-0.4, -0.2) is 20.2 Å². The van der Waals surface area contributed by atoms with E-state index in [1.165, 1.54) is 0 Å². The zero-order chi connectivity index (χ0) is 13.9. The lowest BCUT2D eigenvalue weighted by atomic mass is 10.1. The van der Waals surface area contributed by atoms with Crippen molar-refractivity contribution in [2.24, 2.45) is 0 Å². The third kappa shape index (κ3) is 2.44. The minimum atomic E-state index is 0.224. The van der Waals surface area contributed by atoms with Crippen molar-refractivity contribution in [3.05, 3.63) is 60.9 Å². The van der Waals surface area contributed by atoms with E-state index in [9.17, 15) is 10.2 Å². The van der Waals surface area contributed by atoms with E-state index in [-0.39, 0.29) is 11.5 Å². The predicted octanol–water partition coefficient (Wildman–Crippen LogP) is 3.22. The minimum absolute atomic E-state index is 0.224. The number of aromatic nitrogens is 2. The smallest absolute Gasteiger partial charge is 0.115 e. The highest BCUT2D eigenvalue weighted by atomic mass is 16.3. The molecule has 4 nitrogen and oxygen atoms in total. The maximum absolute atomic E-state index is 9.26. The van der Waals surface area contributed by atoms with Crippen LogP contribution in [0.3, 0.4) is 0 Å². The second-order valence-electron chi connectivity index (χ2n) is 4.38. The van der Waals surface area contributed by atoms with E-state index in [4.69, 9.17) is 0 Å². The zero-order valence-electron chi connectivity index (χ0n) is 10.6. The zero-order valence-corrected chi connectivity index (χ0v) is 10.6. The Morgan fingerprint density at radius 1 is 0.550 bits per heavy atom. The fraction of sp³-hybridized carbons (Fsp3) is 0. The Hall–Kier alpha value is -2.88. The van der Waals surface area contributed by atoms with Gasteiger partial charge in [-0.2, -0.15) is 0 Å². The summed E-state index contributed by atoms with van der Waals surface area (Å²) < 4.78 is 0. The van der Waals surface area contributed by atoms with E-state index >= 15 is 0 Å². The number of hydrogen-bond acceptors (Lipinski definition) is 4. The highest BCUT2D eigenvalue weighted by Crippen LogP contribution is 2.22. The first-order valence-corrected chi connectivity index (χ1v) is 6.13. The van der Waals surface area contributed by atoms with Crippen LogP contribution in [0.25, 0.3) is 22.5 Å². The van der Waals surface area contributed by atoms with Gasteiger partial charge in [0, 0.05) is 11.1 Å². The van der Waals surface area contributed by atoms with E-state index in [0.717, 1.165) is 22.5 Å². The maximum atomic E-state index is 9.26. The summed E-state index contributed by atoms with van der Waals surface area (Å²) in [5.41, 5.74) is 3.28. The number of phenols is 2. The van der Waals surface area contributed by atoms with Gasteiger partial charge in [0.05, 0.1) is 23.8 Å². The molecule has 0 unspecified atom stereocenters. The highest BCUT2D eigenvalue weighted by molar-refractivity contribution is 5.63. The van der Waals surface area contributed by atoms with E-state index in [1.807, 2.05) is 0 Å². The monoisotopic (exact) mass is 264 g/mol. The standard InChI is InChI=1S/C16H12N2O2/c19-13-5-1-11(2-6-13)15-9-18-16(10-17-15)12-3-7-14(20)8-4-12/h1-10,19-20H. The summed E-state index contributed by atoms with van der Waals surface area (Å²) in [6.07, 6.45) is 3.38. The van der Waals surface area contributed by atoms with Gasteiger partial charge < -0.3 is 10.2 Å². The molecule has 0 aliphatic rings. The Morgan fingerprint density at radius 3 is 1.20 bits per heavy atom. The molecule has 3 rings (SSSR count). The van der Waals surface area contributed by atoms with E-state index < -0.39 is 0 Å². The first-order valence-electron chi connectivity index (χ1n) is 6.13. The van der Waals surface area contributed by atoms with Gasteiger partial charge in [-0.1, -0.05) is 0 Å². The molecule has 0 fully saturated rings. The number of nitrogens with zero attached hydrogens (tertiary/aromatic N) is 2. The summed E-state index contributed by atoms with van der Waals surface area (Å²) in [5, 5.41) is 18.5. The van der Waals surface area contributed by atoms with Crippen LogP contribution in [-0.2, 0) is 0 Å². The van der Waals surface area contributed by atoms with Gasteiger partial charge in [0.15, 0.2) is 0 Å². The minimum Gasteiger partial charge on any atom is -0.508 e. The van der Waals surface area contributed by atoms with Crippen LogP contribution in [0, 0.1) is 0 Å². The van der Waals surface area contributed by atoms with Crippen molar-refractivity contribution in [2.75, 3.05) is 0 Å². The summed E-state index contributed by atoms with van der Waals surface area (Å²) in [5.74, 6) is 0.449. The van der Waals surface area contributed by atoms with Crippen molar-refractivity contribution < 1.29 is 10.2 Å². The lowest BCUT2D eigenvalue weighted by Gasteiger charge is -2.03. The van der Waals surface area contributed by atoms with Crippen molar-refractivity contribution in [2.45, 2.75) is 0 Å². The quantitative estimate of drug-likeness (QED) is 0.745. The van der Waals surface area contributed by atoms with Crippen molar-refractivity contribution in [3.63, 3.8) is 0 Å². The Balaban J connectivity index is 1.91. The van der Waals surface area contributed by atoms with Crippen LogP contribution in [0.1, 0.15) is 0 Å². The highest BCUT2D eigenvalue weighted by Gasteiger charge is 2.03. The van der Waals surface area contributed by atoms with Crippen LogP contribution in [0.4, 0.5) is 0 Å². The van der Waals surface area contributed by atoms with Crippen LogP contribution >= 0.6 is 0 Å². The Kier molecular flexibility index (Phi) is 3.05. The maximum Gasteiger partial charge on any atom is 0.115 e. The summed E-state index contributed by atoms with van der Waals surface area (Å²) in [6.45, 7) is 0. The molecule has 1 heterocycles. The van der Waals surface area contributed by atoms with E-state index in [2.05, 4.69) is 9.97 Å². The van der Waals surface area contributed by atoms with Crippen molar-refractivity contribution >= 4 is 0 Å². The fourth-order valence-corrected chi connectivity index (χ4v) is 1.89. The average molecular weight is 264 g/mol. The van der Waals surface area contributed by atoms with Crippen molar-refractivity contribution in [1.29, 1.82) is 0 Å². The second-order valence-corrected chi connectivity index (χ2v) is 4.38. The molecule has 2 N–H and O–H groups in total. The molecule has 1 aromatic heterocycles. The SMILES string of the molecule is Oc1ccc(-c2cnc(-c3ccc(O)cc3)cn2)cc1. The van der Waals surface area contributed by atoms with E-state index in [1.54, 1.807) is 60.9 Å². The molecule has 0 saturated carbocycles. The molecule has 0 aliphatic carbocycles. The van der Waals surface area contributed by atoms with Gasteiger partial charge in [-0.05, 0) is 48.5 Å². The molecule has 0 atom stereocenters. The largest absolute Gasteiger partial charge is 0.508 e. The summed E-state index contributed by atoms with van der Waals surface area (Å²) in [4.78, 5) is 8.74.